The number of carbonyl (C=O) groups is 1. The first-order valence-electron chi connectivity index (χ1n) is 6.88. The lowest BCUT2D eigenvalue weighted by Crippen LogP contribution is -2.48. The normalized spacial score (nSPS) is 16.7. The Balaban J connectivity index is 0.00000242. The largest absolute Gasteiger partial charge is 0.340 e. The van der Waals surface area contributed by atoms with Crippen molar-refractivity contribution in [2.45, 2.75) is 11.8 Å². The summed E-state index contributed by atoms with van der Waals surface area (Å²) in [5.74, 6) is -1.51. The summed E-state index contributed by atoms with van der Waals surface area (Å²) in [5.41, 5.74) is 0. The van der Waals surface area contributed by atoms with Crippen molar-refractivity contribution in [3.05, 3.63) is 30.1 Å². The van der Waals surface area contributed by atoms with E-state index in [4.69, 9.17) is 0 Å². The number of halogens is 2. The number of nitrogens with one attached hydrogen (secondary N) is 1. The van der Waals surface area contributed by atoms with Gasteiger partial charge in [-0.1, -0.05) is 6.92 Å². The summed E-state index contributed by atoms with van der Waals surface area (Å²) in [6.45, 7) is 4.26. The highest BCUT2D eigenvalue weighted by atomic mass is 35.5. The predicted molar refractivity (Wildman–Crippen MR) is 84.3 cm³/mol. The SMILES string of the molecule is CC(CS(=O)(=O)c1ccc(F)cc1)C(=O)N1CCNCC1.Cl. The molecule has 1 atom stereocenters. The van der Waals surface area contributed by atoms with E-state index in [1.54, 1.807) is 11.8 Å². The molecule has 0 bridgehead atoms. The molecular formula is C14H20ClFN2O3S. The van der Waals surface area contributed by atoms with Crippen molar-refractivity contribution in [2.24, 2.45) is 5.92 Å². The fraction of sp³-hybridized carbons (Fsp3) is 0.500. The predicted octanol–water partition coefficient (Wildman–Crippen LogP) is 1.09. The van der Waals surface area contributed by atoms with Gasteiger partial charge in [0.05, 0.1) is 10.6 Å². The maximum atomic E-state index is 12.8. The minimum atomic E-state index is -3.59. The smallest absolute Gasteiger partial charge is 0.226 e. The van der Waals surface area contributed by atoms with Crippen LogP contribution in [0.3, 0.4) is 0 Å². The van der Waals surface area contributed by atoms with Crippen LogP contribution < -0.4 is 5.32 Å². The van der Waals surface area contributed by atoms with E-state index in [0.29, 0.717) is 13.1 Å². The van der Waals surface area contributed by atoms with Gasteiger partial charge in [-0.15, -0.1) is 12.4 Å². The highest BCUT2D eigenvalue weighted by molar-refractivity contribution is 7.91. The van der Waals surface area contributed by atoms with Gasteiger partial charge in [0.2, 0.25) is 5.91 Å². The molecular weight excluding hydrogens is 331 g/mol. The van der Waals surface area contributed by atoms with E-state index < -0.39 is 21.6 Å². The number of amides is 1. The minimum Gasteiger partial charge on any atom is -0.340 e. The Kier molecular flexibility index (Phi) is 6.77. The van der Waals surface area contributed by atoms with Crippen molar-refractivity contribution in [2.75, 3.05) is 31.9 Å². The third kappa shape index (κ3) is 4.66. The Hall–Kier alpha value is -1.18. The highest BCUT2D eigenvalue weighted by Gasteiger charge is 2.27. The summed E-state index contributed by atoms with van der Waals surface area (Å²) < 4.78 is 37.3. The van der Waals surface area contributed by atoms with Gasteiger partial charge in [-0.25, -0.2) is 12.8 Å². The number of piperazine rings is 1. The Morgan fingerprint density at radius 1 is 1.27 bits per heavy atom. The van der Waals surface area contributed by atoms with Crippen molar-refractivity contribution in [3.8, 4) is 0 Å². The zero-order chi connectivity index (χ0) is 15.5. The van der Waals surface area contributed by atoms with Crippen LogP contribution in [0.1, 0.15) is 6.92 Å². The number of hydrogen-bond donors (Lipinski definition) is 1. The summed E-state index contributed by atoms with van der Waals surface area (Å²) in [6.07, 6.45) is 0. The van der Waals surface area contributed by atoms with Crippen LogP contribution in [0.4, 0.5) is 4.39 Å². The molecule has 1 N–H and O–H groups in total. The van der Waals surface area contributed by atoms with Gasteiger partial charge in [-0.3, -0.25) is 4.79 Å². The van der Waals surface area contributed by atoms with E-state index in [9.17, 15) is 17.6 Å². The van der Waals surface area contributed by atoms with E-state index in [-0.39, 0.29) is 29.0 Å². The number of hydrogen-bond acceptors (Lipinski definition) is 4. The fourth-order valence-electron chi connectivity index (χ4n) is 2.34. The molecule has 1 unspecified atom stereocenters. The van der Waals surface area contributed by atoms with E-state index in [1.807, 2.05) is 0 Å². The van der Waals surface area contributed by atoms with Gasteiger partial charge in [0.15, 0.2) is 9.84 Å². The van der Waals surface area contributed by atoms with Gasteiger partial charge in [-0.2, -0.15) is 0 Å². The lowest BCUT2D eigenvalue weighted by molar-refractivity contribution is -0.134. The number of carbonyl (C=O) groups excluding carboxylic acids is 1. The monoisotopic (exact) mass is 350 g/mol. The summed E-state index contributed by atoms with van der Waals surface area (Å²) in [6, 6.07) is 4.67. The molecule has 1 aromatic carbocycles. The maximum absolute atomic E-state index is 12.8. The third-order valence-corrected chi connectivity index (χ3v) is 5.42. The topological polar surface area (TPSA) is 66.5 Å². The summed E-state index contributed by atoms with van der Waals surface area (Å²) in [7, 11) is -3.59. The summed E-state index contributed by atoms with van der Waals surface area (Å²) in [5, 5.41) is 3.14. The molecule has 1 fully saturated rings. The first-order chi connectivity index (χ1) is 9.90. The van der Waals surface area contributed by atoms with Crippen LogP contribution in [0.15, 0.2) is 29.2 Å². The molecule has 2 rings (SSSR count). The molecule has 0 spiro atoms. The van der Waals surface area contributed by atoms with Crippen molar-refractivity contribution >= 4 is 28.2 Å². The van der Waals surface area contributed by atoms with Gasteiger partial charge in [0.1, 0.15) is 5.82 Å². The number of rotatable bonds is 4. The number of sulfone groups is 1. The molecule has 0 radical (unpaired) electrons. The zero-order valence-electron chi connectivity index (χ0n) is 12.3. The molecule has 1 saturated heterocycles. The van der Waals surface area contributed by atoms with Gasteiger partial charge in [-0.05, 0) is 24.3 Å². The Morgan fingerprint density at radius 2 is 1.82 bits per heavy atom. The van der Waals surface area contributed by atoms with Crippen LogP contribution in [-0.4, -0.2) is 51.2 Å². The molecule has 1 aromatic rings. The van der Waals surface area contributed by atoms with Crippen LogP contribution in [-0.2, 0) is 14.6 Å². The second-order valence-electron chi connectivity index (χ2n) is 5.21. The molecule has 1 amide bonds. The fourth-order valence-corrected chi connectivity index (χ4v) is 3.88. The van der Waals surface area contributed by atoms with E-state index >= 15 is 0 Å². The number of nitrogens with zero attached hydrogens (tertiary/aromatic N) is 1. The molecule has 8 heteroatoms. The van der Waals surface area contributed by atoms with Crippen LogP contribution >= 0.6 is 12.4 Å². The first kappa shape index (κ1) is 18.9. The van der Waals surface area contributed by atoms with E-state index in [2.05, 4.69) is 5.32 Å². The van der Waals surface area contributed by atoms with Crippen LogP contribution in [0.5, 0.6) is 0 Å². The second kappa shape index (κ2) is 7.89. The van der Waals surface area contributed by atoms with Crippen LogP contribution in [0.2, 0.25) is 0 Å². The van der Waals surface area contributed by atoms with E-state index in [0.717, 1.165) is 25.2 Å². The summed E-state index contributed by atoms with van der Waals surface area (Å²) >= 11 is 0. The maximum Gasteiger partial charge on any atom is 0.226 e. The van der Waals surface area contributed by atoms with Gasteiger partial charge in [0.25, 0.3) is 0 Å². The minimum absolute atomic E-state index is 0. The van der Waals surface area contributed by atoms with Gasteiger partial charge >= 0.3 is 0 Å². The Morgan fingerprint density at radius 3 is 2.36 bits per heavy atom. The molecule has 5 nitrogen and oxygen atoms in total. The van der Waals surface area contributed by atoms with Crippen molar-refractivity contribution < 1.29 is 17.6 Å². The molecule has 0 aliphatic carbocycles. The molecule has 1 aliphatic rings. The Labute approximate surface area is 136 Å². The van der Waals surface area contributed by atoms with Crippen molar-refractivity contribution in [1.29, 1.82) is 0 Å². The van der Waals surface area contributed by atoms with Gasteiger partial charge in [0, 0.05) is 32.1 Å². The Bertz CT molecular complexity index is 601. The lowest BCUT2D eigenvalue weighted by Gasteiger charge is -2.29. The van der Waals surface area contributed by atoms with Gasteiger partial charge < -0.3 is 10.2 Å². The summed E-state index contributed by atoms with van der Waals surface area (Å²) in [4.78, 5) is 14.0. The van der Waals surface area contributed by atoms with E-state index in [1.165, 1.54) is 12.1 Å². The van der Waals surface area contributed by atoms with Crippen molar-refractivity contribution in [3.63, 3.8) is 0 Å². The standard InChI is InChI=1S/C14H19FN2O3S.ClH/c1-11(14(18)17-8-6-16-7-9-17)10-21(19,20)13-4-2-12(15)3-5-13;/h2-5,11,16H,6-10H2,1H3;1H. The molecule has 1 heterocycles. The molecule has 124 valence electrons. The quantitative estimate of drug-likeness (QED) is 0.825. The zero-order valence-corrected chi connectivity index (χ0v) is 13.9. The van der Waals surface area contributed by atoms with Crippen LogP contribution in [0.25, 0.3) is 0 Å². The second-order valence-corrected chi connectivity index (χ2v) is 7.25. The number of benzene rings is 1. The molecule has 0 aromatic heterocycles. The average molecular weight is 351 g/mol. The average Bonchev–Trinajstić information content (AvgIpc) is 2.47. The lowest BCUT2D eigenvalue weighted by atomic mass is 10.2. The third-order valence-electron chi connectivity index (χ3n) is 3.49. The van der Waals surface area contributed by atoms with Crippen LogP contribution in [0, 0.1) is 11.7 Å². The van der Waals surface area contributed by atoms with Crippen molar-refractivity contribution in [1.82, 2.24) is 10.2 Å². The molecule has 1 aliphatic heterocycles. The molecule has 22 heavy (non-hydrogen) atoms. The highest BCUT2D eigenvalue weighted by Crippen LogP contribution is 2.16. The molecule has 0 saturated carbocycles. The first-order valence-corrected chi connectivity index (χ1v) is 8.53.